The van der Waals surface area contributed by atoms with E-state index in [1.165, 1.54) is 36.0 Å². The van der Waals surface area contributed by atoms with Gasteiger partial charge in [0.05, 0.1) is 0 Å². The first kappa shape index (κ1) is 30.0. The summed E-state index contributed by atoms with van der Waals surface area (Å²) < 4.78 is 12.5. The molecule has 1 heterocycles. The Morgan fingerprint density at radius 1 is 0.457 bits per heavy atom. The minimum absolute atomic E-state index is 0.0280. The van der Waals surface area contributed by atoms with Gasteiger partial charge in [-0.1, -0.05) is 153 Å². The molecule has 4 nitrogen and oxygen atoms in total. The molecule has 0 saturated heterocycles. The zero-order chi connectivity index (χ0) is 31.6. The summed E-state index contributed by atoms with van der Waals surface area (Å²) in [7, 11) is -2.27. The molecule has 1 aliphatic carbocycles. The van der Waals surface area contributed by atoms with Crippen molar-refractivity contribution in [1.29, 1.82) is 0 Å². The monoisotopic (exact) mass is 619 g/mol. The highest BCUT2D eigenvalue weighted by molar-refractivity contribution is 7.70. The van der Waals surface area contributed by atoms with Gasteiger partial charge in [0.1, 0.15) is 7.14 Å². The van der Waals surface area contributed by atoms with Gasteiger partial charge in [-0.3, -0.25) is 0 Å². The number of benzene rings is 5. The van der Waals surface area contributed by atoms with Gasteiger partial charge in [-0.05, 0) is 48.4 Å². The molecule has 46 heavy (non-hydrogen) atoms. The summed E-state index contributed by atoms with van der Waals surface area (Å²) in [4.78, 5) is 14.7. The van der Waals surface area contributed by atoms with Crippen molar-refractivity contribution in [3.8, 4) is 45.3 Å². The van der Waals surface area contributed by atoms with Gasteiger partial charge < -0.3 is 4.57 Å². The standard InChI is InChI=1S/C41H38N3OP/c1-46(2,45)37-26-20-31(21-27-37)30-16-22-35(23-17-30)41(28-10-5-11-29-41)36-24-18-34(19-25-36)40-43-38(32-12-6-3-7-13-32)42-39(44-40)33-14-8-4-9-15-33/h3-4,6-9,12-27H,5,10-11,28-29H2,1-2H3. The first-order chi connectivity index (χ1) is 22.4. The van der Waals surface area contributed by atoms with Gasteiger partial charge in [-0.25, -0.2) is 15.0 Å². The lowest BCUT2D eigenvalue weighted by Gasteiger charge is -2.39. The van der Waals surface area contributed by atoms with Crippen LogP contribution in [0.2, 0.25) is 0 Å². The second-order valence-corrected chi connectivity index (χ2v) is 16.0. The van der Waals surface area contributed by atoms with Crippen LogP contribution < -0.4 is 5.30 Å². The molecule has 0 unspecified atom stereocenters. The predicted molar refractivity (Wildman–Crippen MR) is 191 cm³/mol. The highest BCUT2D eigenvalue weighted by atomic mass is 31.2. The third-order valence-electron chi connectivity index (χ3n) is 9.36. The van der Waals surface area contributed by atoms with Crippen LogP contribution in [-0.2, 0) is 9.98 Å². The number of aromatic nitrogens is 3. The Labute approximate surface area is 272 Å². The summed E-state index contributed by atoms with van der Waals surface area (Å²) in [6.07, 6.45) is 5.97. The molecule has 1 fully saturated rings. The van der Waals surface area contributed by atoms with Crippen LogP contribution in [0.4, 0.5) is 0 Å². The third-order valence-corrected chi connectivity index (χ3v) is 10.9. The van der Waals surface area contributed by atoms with E-state index >= 15 is 0 Å². The van der Waals surface area contributed by atoms with Crippen molar-refractivity contribution in [2.24, 2.45) is 0 Å². The van der Waals surface area contributed by atoms with Gasteiger partial charge >= 0.3 is 0 Å². The molecule has 1 aliphatic rings. The van der Waals surface area contributed by atoms with E-state index in [2.05, 4.69) is 60.7 Å². The average molecular weight is 620 g/mol. The van der Waals surface area contributed by atoms with E-state index in [1.807, 2.05) is 86.1 Å². The zero-order valence-corrected chi connectivity index (χ0v) is 27.3. The van der Waals surface area contributed by atoms with Gasteiger partial charge in [0.15, 0.2) is 17.5 Å². The Bertz CT molecular complexity index is 1920. The van der Waals surface area contributed by atoms with Crippen molar-refractivity contribution in [3.05, 3.63) is 145 Å². The van der Waals surface area contributed by atoms with E-state index < -0.39 is 7.14 Å². The summed E-state index contributed by atoms with van der Waals surface area (Å²) in [5.41, 5.74) is 7.92. The molecular weight excluding hydrogens is 581 g/mol. The molecule has 7 rings (SSSR count). The van der Waals surface area contributed by atoms with Crippen molar-refractivity contribution in [1.82, 2.24) is 15.0 Å². The second-order valence-electron chi connectivity index (χ2n) is 12.7. The molecule has 1 saturated carbocycles. The van der Waals surface area contributed by atoms with Crippen LogP contribution in [0.15, 0.2) is 133 Å². The van der Waals surface area contributed by atoms with E-state index in [4.69, 9.17) is 15.0 Å². The maximum absolute atomic E-state index is 12.5. The minimum atomic E-state index is -2.27. The normalized spacial score (nSPS) is 14.6. The number of hydrogen-bond acceptors (Lipinski definition) is 4. The van der Waals surface area contributed by atoms with Gasteiger partial charge in [0.2, 0.25) is 0 Å². The number of hydrogen-bond donors (Lipinski definition) is 0. The van der Waals surface area contributed by atoms with Crippen LogP contribution in [0.25, 0.3) is 45.3 Å². The van der Waals surface area contributed by atoms with Crippen molar-refractivity contribution >= 4 is 12.4 Å². The topological polar surface area (TPSA) is 55.7 Å². The molecule has 6 aromatic rings. The van der Waals surface area contributed by atoms with Gasteiger partial charge in [-0.2, -0.15) is 0 Å². The smallest absolute Gasteiger partial charge is 0.164 e. The van der Waals surface area contributed by atoms with E-state index in [0.29, 0.717) is 17.5 Å². The molecule has 0 spiro atoms. The lowest BCUT2D eigenvalue weighted by Crippen LogP contribution is -2.30. The fourth-order valence-electron chi connectivity index (χ4n) is 6.77. The molecule has 0 bridgehead atoms. The molecule has 5 heteroatoms. The summed E-state index contributed by atoms with van der Waals surface area (Å²) in [6.45, 7) is 3.64. The molecule has 5 aromatic carbocycles. The third kappa shape index (κ3) is 6.10. The van der Waals surface area contributed by atoms with Crippen molar-refractivity contribution in [2.75, 3.05) is 13.3 Å². The molecule has 0 atom stereocenters. The Morgan fingerprint density at radius 2 is 0.826 bits per heavy atom. The van der Waals surface area contributed by atoms with E-state index in [-0.39, 0.29) is 5.41 Å². The maximum atomic E-state index is 12.5. The first-order valence-electron chi connectivity index (χ1n) is 16.1. The van der Waals surface area contributed by atoms with Gasteiger partial charge in [-0.15, -0.1) is 0 Å². The molecular formula is C41H38N3OP. The highest BCUT2D eigenvalue weighted by Crippen LogP contribution is 2.46. The van der Waals surface area contributed by atoms with Crippen LogP contribution in [0.3, 0.4) is 0 Å². The lowest BCUT2D eigenvalue weighted by molar-refractivity contribution is 0.346. The lowest BCUT2D eigenvalue weighted by atomic mass is 9.65. The van der Waals surface area contributed by atoms with Crippen LogP contribution in [0, 0.1) is 0 Å². The van der Waals surface area contributed by atoms with Crippen LogP contribution in [-0.4, -0.2) is 28.3 Å². The Morgan fingerprint density at radius 3 is 1.24 bits per heavy atom. The van der Waals surface area contributed by atoms with Crippen LogP contribution in [0.5, 0.6) is 0 Å². The molecule has 0 radical (unpaired) electrons. The van der Waals surface area contributed by atoms with E-state index in [1.54, 1.807) is 0 Å². The SMILES string of the molecule is CP(C)(=O)c1ccc(-c2ccc(C3(c4ccc(-c5nc(-c6ccccc6)nc(-c6ccccc6)n5)cc4)CCCCC3)cc2)cc1. The number of rotatable bonds is 7. The Hall–Kier alpha value is -4.66. The van der Waals surface area contributed by atoms with Gasteiger partial charge in [0, 0.05) is 27.4 Å². The summed E-state index contributed by atoms with van der Waals surface area (Å²) >= 11 is 0. The molecule has 1 aromatic heterocycles. The first-order valence-corrected chi connectivity index (χ1v) is 18.7. The quantitative estimate of drug-likeness (QED) is 0.167. The summed E-state index contributed by atoms with van der Waals surface area (Å²) in [5.74, 6) is 2.02. The van der Waals surface area contributed by atoms with Crippen molar-refractivity contribution < 1.29 is 4.57 Å². The van der Waals surface area contributed by atoms with Crippen LogP contribution in [0.1, 0.15) is 43.2 Å². The fourth-order valence-corrected chi connectivity index (χ4v) is 7.64. The molecule has 0 N–H and O–H groups in total. The van der Waals surface area contributed by atoms with Gasteiger partial charge in [0.25, 0.3) is 0 Å². The average Bonchev–Trinajstić information content (AvgIpc) is 3.12. The second kappa shape index (κ2) is 12.6. The van der Waals surface area contributed by atoms with Crippen molar-refractivity contribution in [3.63, 3.8) is 0 Å². The van der Waals surface area contributed by atoms with Crippen LogP contribution >= 0.6 is 7.14 Å². The summed E-state index contributed by atoms with van der Waals surface area (Å²) in [5, 5.41) is 0.919. The molecule has 228 valence electrons. The minimum Gasteiger partial charge on any atom is -0.319 e. The Kier molecular flexibility index (Phi) is 8.23. The molecule has 0 aliphatic heterocycles. The zero-order valence-electron chi connectivity index (χ0n) is 26.4. The number of nitrogens with zero attached hydrogens (tertiary/aromatic N) is 3. The van der Waals surface area contributed by atoms with Crippen molar-refractivity contribution in [2.45, 2.75) is 37.5 Å². The Balaban J connectivity index is 1.23. The molecule has 0 amide bonds. The summed E-state index contributed by atoms with van der Waals surface area (Å²) in [6, 6.07) is 46.5. The fraction of sp³-hybridized carbons (Fsp3) is 0.195. The largest absolute Gasteiger partial charge is 0.319 e. The highest BCUT2D eigenvalue weighted by Gasteiger charge is 2.35. The maximum Gasteiger partial charge on any atom is 0.164 e. The van der Waals surface area contributed by atoms with E-state index in [0.717, 1.165) is 40.4 Å². The van der Waals surface area contributed by atoms with E-state index in [9.17, 15) is 4.57 Å². The predicted octanol–water partition coefficient (Wildman–Crippen LogP) is 10.0.